The number of ether oxygens (including phenoxy) is 1. The van der Waals surface area contributed by atoms with Crippen molar-refractivity contribution in [2.45, 2.75) is 46.2 Å². The molecule has 0 spiro atoms. The summed E-state index contributed by atoms with van der Waals surface area (Å²) in [5.41, 5.74) is -0.297. The van der Waals surface area contributed by atoms with Crippen LogP contribution in [0.2, 0.25) is 0 Å². The summed E-state index contributed by atoms with van der Waals surface area (Å²) in [6.45, 7) is 13.8. The Hall–Kier alpha value is -1.36. The van der Waals surface area contributed by atoms with Gasteiger partial charge in [-0.15, -0.1) is 6.58 Å². The number of amides is 1. The van der Waals surface area contributed by atoms with Crippen LogP contribution in [0.5, 0.6) is 0 Å². The number of hydrogen-bond donors (Lipinski definition) is 1. The van der Waals surface area contributed by atoms with Crippen molar-refractivity contribution in [2.24, 2.45) is 0 Å². The lowest BCUT2D eigenvalue weighted by molar-refractivity contribution is -0.145. The van der Waals surface area contributed by atoms with E-state index >= 15 is 0 Å². The van der Waals surface area contributed by atoms with Crippen LogP contribution >= 0.6 is 0 Å². The predicted octanol–water partition coefficient (Wildman–Crippen LogP) is 1.34. The van der Waals surface area contributed by atoms with Gasteiger partial charge >= 0.3 is 5.97 Å². The Balaban J connectivity index is 4.63. The molecule has 19 heavy (non-hydrogen) atoms. The molecule has 0 rings (SSSR count). The van der Waals surface area contributed by atoms with Gasteiger partial charge in [-0.05, 0) is 34.6 Å². The van der Waals surface area contributed by atoms with Crippen LogP contribution in [-0.4, -0.2) is 48.1 Å². The third-order valence-electron chi connectivity index (χ3n) is 2.43. The molecule has 5 heteroatoms. The first-order valence-corrected chi connectivity index (χ1v) is 6.53. The Bertz CT molecular complexity index is 321. The maximum Gasteiger partial charge on any atom is 0.320 e. The second-order valence-corrected chi connectivity index (χ2v) is 5.44. The van der Waals surface area contributed by atoms with E-state index in [4.69, 9.17) is 4.74 Å². The molecule has 0 heterocycles. The highest BCUT2D eigenvalue weighted by molar-refractivity contribution is 5.82. The summed E-state index contributed by atoms with van der Waals surface area (Å²) in [5, 5.41) is 2.90. The maximum absolute atomic E-state index is 12.1. The number of carbonyl (C=O) groups is 2. The van der Waals surface area contributed by atoms with Crippen LogP contribution in [0.3, 0.4) is 0 Å². The third kappa shape index (κ3) is 7.62. The standard InChI is InChI=1S/C14H26N2O3/c1-7-9-16(10-12(17)19-8-2)11(3)13(18)15-14(4,5)6/h7,11H,1,8-10H2,2-6H3,(H,15,18). The lowest BCUT2D eigenvalue weighted by Crippen LogP contribution is -2.52. The highest BCUT2D eigenvalue weighted by Crippen LogP contribution is 2.05. The van der Waals surface area contributed by atoms with Crippen LogP contribution in [0.4, 0.5) is 0 Å². The van der Waals surface area contributed by atoms with E-state index < -0.39 is 6.04 Å². The van der Waals surface area contributed by atoms with E-state index in [0.717, 1.165) is 0 Å². The minimum atomic E-state index is -0.415. The fraction of sp³-hybridized carbons (Fsp3) is 0.714. The van der Waals surface area contributed by atoms with Gasteiger partial charge < -0.3 is 10.1 Å². The molecule has 0 saturated carbocycles. The van der Waals surface area contributed by atoms with Gasteiger partial charge in [-0.1, -0.05) is 6.08 Å². The largest absolute Gasteiger partial charge is 0.465 e. The molecular formula is C14H26N2O3. The predicted molar refractivity (Wildman–Crippen MR) is 75.8 cm³/mol. The van der Waals surface area contributed by atoms with Gasteiger partial charge in [-0.3, -0.25) is 14.5 Å². The quantitative estimate of drug-likeness (QED) is 0.560. The first-order valence-electron chi connectivity index (χ1n) is 6.53. The normalized spacial score (nSPS) is 12.9. The van der Waals surface area contributed by atoms with Gasteiger partial charge in [0.05, 0.1) is 19.2 Å². The molecule has 110 valence electrons. The highest BCUT2D eigenvalue weighted by Gasteiger charge is 2.25. The van der Waals surface area contributed by atoms with Crippen molar-refractivity contribution in [1.82, 2.24) is 10.2 Å². The number of rotatable bonds is 7. The van der Waals surface area contributed by atoms with Gasteiger partial charge in [0.2, 0.25) is 5.91 Å². The summed E-state index contributed by atoms with van der Waals surface area (Å²) in [6.07, 6.45) is 1.67. The second-order valence-electron chi connectivity index (χ2n) is 5.44. The smallest absolute Gasteiger partial charge is 0.320 e. The van der Waals surface area contributed by atoms with Crippen molar-refractivity contribution < 1.29 is 14.3 Å². The zero-order valence-corrected chi connectivity index (χ0v) is 12.7. The van der Waals surface area contributed by atoms with Crippen molar-refractivity contribution in [3.8, 4) is 0 Å². The molecule has 0 aliphatic heterocycles. The van der Waals surface area contributed by atoms with E-state index in [1.54, 1.807) is 24.8 Å². The van der Waals surface area contributed by atoms with Crippen LogP contribution in [0.1, 0.15) is 34.6 Å². The lowest BCUT2D eigenvalue weighted by Gasteiger charge is -2.29. The number of nitrogens with zero attached hydrogens (tertiary/aromatic N) is 1. The topological polar surface area (TPSA) is 58.6 Å². The van der Waals surface area contributed by atoms with Crippen molar-refractivity contribution in [3.63, 3.8) is 0 Å². The molecule has 0 aliphatic rings. The Labute approximate surface area is 116 Å². The molecule has 0 aliphatic carbocycles. The van der Waals surface area contributed by atoms with Crippen LogP contribution in [0, 0.1) is 0 Å². The zero-order valence-electron chi connectivity index (χ0n) is 12.7. The molecule has 0 aromatic carbocycles. The Kier molecular flexibility index (Phi) is 7.37. The molecule has 0 radical (unpaired) electrons. The summed E-state index contributed by atoms with van der Waals surface area (Å²) in [6, 6.07) is -0.415. The van der Waals surface area contributed by atoms with Crippen LogP contribution in [0.25, 0.3) is 0 Å². The molecule has 0 bridgehead atoms. The van der Waals surface area contributed by atoms with E-state index in [-0.39, 0.29) is 24.0 Å². The van der Waals surface area contributed by atoms with Crippen molar-refractivity contribution in [1.29, 1.82) is 0 Å². The summed E-state index contributed by atoms with van der Waals surface area (Å²) < 4.78 is 4.90. The van der Waals surface area contributed by atoms with E-state index in [2.05, 4.69) is 11.9 Å². The highest BCUT2D eigenvalue weighted by atomic mass is 16.5. The first kappa shape index (κ1) is 17.6. The van der Waals surface area contributed by atoms with E-state index in [1.165, 1.54) is 0 Å². The molecule has 0 fully saturated rings. The van der Waals surface area contributed by atoms with Crippen molar-refractivity contribution in [2.75, 3.05) is 19.7 Å². The minimum absolute atomic E-state index is 0.0819. The third-order valence-corrected chi connectivity index (χ3v) is 2.43. The second kappa shape index (κ2) is 7.94. The zero-order chi connectivity index (χ0) is 15.1. The van der Waals surface area contributed by atoms with Crippen LogP contribution in [-0.2, 0) is 14.3 Å². The average Bonchev–Trinajstić information content (AvgIpc) is 2.25. The maximum atomic E-state index is 12.1. The van der Waals surface area contributed by atoms with E-state index in [1.807, 2.05) is 20.8 Å². The summed E-state index contributed by atoms with van der Waals surface area (Å²) in [7, 11) is 0. The molecule has 0 saturated heterocycles. The molecular weight excluding hydrogens is 244 g/mol. The van der Waals surface area contributed by atoms with Gasteiger partial charge in [0.25, 0.3) is 0 Å². The van der Waals surface area contributed by atoms with Gasteiger partial charge in [-0.25, -0.2) is 0 Å². The molecule has 1 unspecified atom stereocenters. The first-order chi connectivity index (χ1) is 8.71. The van der Waals surface area contributed by atoms with Gasteiger partial charge in [0.1, 0.15) is 0 Å². The minimum Gasteiger partial charge on any atom is -0.465 e. The average molecular weight is 270 g/mol. The van der Waals surface area contributed by atoms with E-state index in [0.29, 0.717) is 13.2 Å². The number of hydrogen-bond acceptors (Lipinski definition) is 4. The molecule has 1 amide bonds. The van der Waals surface area contributed by atoms with E-state index in [9.17, 15) is 9.59 Å². The Morgan fingerprint density at radius 2 is 2.00 bits per heavy atom. The summed E-state index contributed by atoms with van der Waals surface area (Å²) in [5.74, 6) is -0.446. The van der Waals surface area contributed by atoms with Crippen molar-refractivity contribution >= 4 is 11.9 Å². The molecule has 1 atom stereocenters. The fourth-order valence-electron chi connectivity index (χ4n) is 1.54. The van der Waals surface area contributed by atoms with Crippen LogP contribution in [0.15, 0.2) is 12.7 Å². The monoisotopic (exact) mass is 270 g/mol. The molecule has 0 aromatic heterocycles. The van der Waals surface area contributed by atoms with Gasteiger partial charge in [0.15, 0.2) is 0 Å². The molecule has 5 nitrogen and oxygen atoms in total. The number of esters is 1. The number of nitrogens with one attached hydrogen (secondary N) is 1. The van der Waals surface area contributed by atoms with Crippen molar-refractivity contribution in [3.05, 3.63) is 12.7 Å². The molecule has 1 N–H and O–H groups in total. The fourth-order valence-corrected chi connectivity index (χ4v) is 1.54. The Morgan fingerprint density at radius 3 is 2.42 bits per heavy atom. The van der Waals surface area contributed by atoms with Crippen LogP contribution < -0.4 is 5.32 Å². The molecule has 0 aromatic rings. The summed E-state index contributed by atoms with van der Waals surface area (Å²) >= 11 is 0. The summed E-state index contributed by atoms with van der Waals surface area (Å²) in [4.78, 5) is 25.3. The lowest BCUT2D eigenvalue weighted by atomic mass is 10.1. The number of carbonyl (C=O) groups excluding carboxylic acids is 2. The Morgan fingerprint density at radius 1 is 1.42 bits per heavy atom. The van der Waals surface area contributed by atoms with Gasteiger partial charge in [-0.2, -0.15) is 0 Å². The van der Waals surface area contributed by atoms with Gasteiger partial charge in [0, 0.05) is 12.1 Å². The SMILES string of the molecule is C=CCN(CC(=O)OCC)C(C)C(=O)NC(C)(C)C.